The molecule has 10 nitrogen and oxygen atoms in total. The van der Waals surface area contributed by atoms with Crippen LogP contribution in [0.25, 0.3) is 10.2 Å². The molecule has 2 amide bonds. The maximum Gasteiger partial charge on any atom is 0.410 e. The average Bonchev–Trinajstić information content (AvgIpc) is 3.14. The molecular weight excluding hydrogens is 470 g/mol. The van der Waals surface area contributed by atoms with Crippen molar-refractivity contribution in [2.24, 2.45) is 5.92 Å². The van der Waals surface area contributed by atoms with Gasteiger partial charge in [-0.25, -0.2) is 14.6 Å². The molecule has 194 valence electrons. The summed E-state index contributed by atoms with van der Waals surface area (Å²) >= 11 is 1.37. The van der Waals surface area contributed by atoms with Gasteiger partial charge in [-0.05, 0) is 53.5 Å². The number of carbonyl (C=O) groups is 2. The Bertz CT molecular complexity index is 1120. The van der Waals surface area contributed by atoms with Crippen molar-refractivity contribution >= 4 is 38.7 Å². The van der Waals surface area contributed by atoms with Gasteiger partial charge in [-0.2, -0.15) is 0 Å². The van der Waals surface area contributed by atoms with Gasteiger partial charge in [0.25, 0.3) is 5.56 Å². The molecule has 0 aromatic carbocycles. The fourth-order valence-corrected chi connectivity index (χ4v) is 4.71. The zero-order chi connectivity index (χ0) is 26.1. The first-order valence-corrected chi connectivity index (χ1v) is 12.7. The first-order chi connectivity index (χ1) is 16.1. The molecule has 3 heterocycles. The van der Waals surface area contributed by atoms with Gasteiger partial charge in [-0.15, -0.1) is 11.3 Å². The number of amides is 2. The van der Waals surface area contributed by atoms with Gasteiger partial charge in [0.15, 0.2) is 0 Å². The number of fused-ring (bicyclic) bond motifs is 1. The molecule has 1 saturated heterocycles. The average molecular weight is 508 g/mol. The number of H-pyrrole nitrogens is 1. The van der Waals surface area contributed by atoms with Gasteiger partial charge in [0.05, 0.1) is 16.6 Å². The molecule has 1 aliphatic heterocycles. The van der Waals surface area contributed by atoms with E-state index in [9.17, 15) is 14.4 Å². The zero-order valence-electron chi connectivity index (χ0n) is 21.9. The Balaban J connectivity index is 1.76. The van der Waals surface area contributed by atoms with Crippen molar-refractivity contribution in [3.05, 3.63) is 22.2 Å². The quantitative estimate of drug-likeness (QED) is 0.635. The number of alkyl carbamates (subject to hydrolysis) is 1. The predicted octanol–water partition coefficient (Wildman–Crippen LogP) is 4.26. The highest BCUT2D eigenvalue weighted by Gasteiger charge is 2.28. The van der Waals surface area contributed by atoms with Gasteiger partial charge in [0.2, 0.25) is 0 Å². The van der Waals surface area contributed by atoms with Crippen LogP contribution in [-0.4, -0.2) is 64.4 Å². The van der Waals surface area contributed by atoms with Gasteiger partial charge in [0.1, 0.15) is 21.7 Å². The van der Waals surface area contributed by atoms with E-state index >= 15 is 0 Å². The molecule has 0 radical (unpaired) electrons. The number of aromatic nitrogens is 2. The molecular formula is C24H37N5O5S. The number of anilines is 1. The van der Waals surface area contributed by atoms with Gasteiger partial charge < -0.3 is 29.6 Å². The normalized spacial score (nSPS) is 15.9. The molecule has 3 rings (SSSR count). The minimum absolute atomic E-state index is 0.0258. The molecule has 0 aliphatic carbocycles. The van der Waals surface area contributed by atoms with Crippen LogP contribution >= 0.6 is 11.3 Å². The standard InChI is InChI=1S/C24H37N5O5S/c1-14(2)17(26-21(31)33-23(3,4)5)19-25-15-13-16(35-18(15)20(30)27-19)28-9-11-29(12-10-28)22(32)34-24(6,7)8/h13-14,17H,9-12H2,1-8H3,(H,26,31)(H,25,27,30)/t17-/m0/s1. The number of rotatable bonds is 4. The van der Waals surface area contributed by atoms with Crippen LogP contribution in [0.1, 0.15) is 67.3 Å². The van der Waals surface area contributed by atoms with Crippen molar-refractivity contribution in [3.63, 3.8) is 0 Å². The largest absolute Gasteiger partial charge is 0.444 e. The molecule has 0 spiro atoms. The van der Waals surface area contributed by atoms with Crippen LogP contribution < -0.4 is 15.8 Å². The second-order valence-corrected chi connectivity index (χ2v) is 12.1. The SMILES string of the molecule is CC(C)[C@H](NC(=O)OC(C)(C)C)c1nc2cc(N3CCN(C(=O)OC(C)(C)C)CC3)sc2c(=O)[nH]1. The fourth-order valence-electron chi connectivity index (χ4n) is 3.67. The molecule has 1 fully saturated rings. The molecule has 35 heavy (non-hydrogen) atoms. The molecule has 0 bridgehead atoms. The molecule has 0 unspecified atom stereocenters. The molecule has 2 aromatic heterocycles. The topological polar surface area (TPSA) is 117 Å². The third kappa shape index (κ3) is 7.09. The lowest BCUT2D eigenvalue weighted by Gasteiger charge is -2.36. The summed E-state index contributed by atoms with van der Waals surface area (Å²) in [5, 5.41) is 3.75. The number of hydrogen-bond donors (Lipinski definition) is 2. The molecule has 2 aromatic rings. The fraction of sp³-hybridized carbons (Fsp3) is 0.667. The summed E-state index contributed by atoms with van der Waals surface area (Å²) in [4.78, 5) is 49.0. The summed E-state index contributed by atoms with van der Waals surface area (Å²) in [7, 11) is 0. The van der Waals surface area contributed by atoms with E-state index in [0.29, 0.717) is 42.2 Å². The van der Waals surface area contributed by atoms with E-state index in [1.165, 1.54) is 11.3 Å². The second kappa shape index (κ2) is 10.0. The van der Waals surface area contributed by atoms with Crippen molar-refractivity contribution < 1.29 is 19.1 Å². The van der Waals surface area contributed by atoms with E-state index in [1.54, 1.807) is 25.7 Å². The van der Waals surface area contributed by atoms with E-state index in [4.69, 9.17) is 9.47 Å². The van der Waals surface area contributed by atoms with E-state index in [0.717, 1.165) is 5.00 Å². The Morgan fingerprint density at radius 2 is 1.66 bits per heavy atom. The molecule has 0 saturated carbocycles. The maximum atomic E-state index is 12.9. The molecule has 1 aliphatic rings. The van der Waals surface area contributed by atoms with E-state index in [2.05, 4.69) is 20.2 Å². The van der Waals surface area contributed by atoms with Gasteiger partial charge >= 0.3 is 12.2 Å². The summed E-state index contributed by atoms with van der Waals surface area (Å²) in [6.07, 6.45) is -0.874. The maximum absolute atomic E-state index is 12.9. The van der Waals surface area contributed by atoms with Crippen molar-refractivity contribution in [2.45, 2.75) is 72.6 Å². The molecule has 11 heteroatoms. The molecule has 2 N–H and O–H groups in total. The Labute approximate surface area is 210 Å². The number of ether oxygens (including phenoxy) is 2. The summed E-state index contributed by atoms with van der Waals surface area (Å²) in [5.41, 5.74) is -0.831. The number of aromatic amines is 1. The van der Waals surface area contributed by atoms with Gasteiger partial charge in [-0.3, -0.25) is 4.79 Å². The van der Waals surface area contributed by atoms with Crippen LogP contribution in [0, 0.1) is 5.92 Å². The lowest BCUT2D eigenvalue weighted by Crippen LogP contribution is -2.49. The highest BCUT2D eigenvalue weighted by molar-refractivity contribution is 7.22. The summed E-state index contributed by atoms with van der Waals surface area (Å²) in [5.74, 6) is 0.365. The number of hydrogen-bond acceptors (Lipinski definition) is 8. The van der Waals surface area contributed by atoms with E-state index in [-0.39, 0.29) is 17.6 Å². The van der Waals surface area contributed by atoms with Crippen molar-refractivity contribution in [1.29, 1.82) is 0 Å². The van der Waals surface area contributed by atoms with Crippen LogP contribution in [0.2, 0.25) is 0 Å². The van der Waals surface area contributed by atoms with E-state index in [1.807, 2.05) is 40.7 Å². The number of nitrogens with zero attached hydrogens (tertiary/aromatic N) is 3. The zero-order valence-corrected chi connectivity index (χ0v) is 22.7. The lowest BCUT2D eigenvalue weighted by atomic mass is 10.0. The monoisotopic (exact) mass is 507 g/mol. The van der Waals surface area contributed by atoms with Crippen LogP contribution in [0.15, 0.2) is 10.9 Å². The van der Waals surface area contributed by atoms with Crippen molar-refractivity contribution in [3.8, 4) is 0 Å². The summed E-state index contributed by atoms with van der Waals surface area (Å²) in [6, 6.07) is 1.38. The third-order valence-electron chi connectivity index (χ3n) is 5.26. The first-order valence-electron chi connectivity index (χ1n) is 11.9. The minimum Gasteiger partial charge on any atom is -0.444 e. The summed E-state index contributed by atoms with van der Waals surface area (Å²) in [6.45, 7) is 17.1. The highest BCUT2D eigenvalue weighted by Crippen LogP contribution is 2.31. The predicted molar refractivity (Wildman–Crippen MR) is 137 cm³/mol. The Hall–Kier alpha value is -2.82. The number of piperazine rings is 1. The minimum atomic E-state index is -0.633. The number of carbonyl (C=O) groups excluding carboxylic acids is 2. The van der Waals surface area contributed by atoms with Gasteiger partial charge in [-0.1, -0.05) is 13.8 Å². The van der Waals surface area contributed by atoms with Crippen LogP contribution in [0.5, 0.6) is 0 Å². The van der Waals surface area contributed by atoms with E-state index < -0.39 is 23.3 Å². The number of thiophene rings is 1. The smallest absolute Gasteiger partial charge is 0.410 e. The third-order valence-corrected chi connectivity index (χ3v) is 6.45. The Morgan fingerprint density at radius 1 is 1.06 bits per heavy atom. The Morgan fingerprint density at radius 3 is 2.20 bits per heavy atom. The lowest BCUT2D eigenvalue weighted by molar-refractivity contribution is 0.0240. The highest BCUT2D eigenvalue weighted by atomic mass is 32.1. The molecule has 1 atom stereocenters. The summed E-state index contributed by atoms with van der Waals surface area (Å²) < 4.78 is 11.4. The number of nitrogens with one attached hydrogen (secondary N) is 2. The Kier molecular flexibility index (Phi) is 7.68. The van der Waals surface area contributed by atoms with Gasteiger partial charge in [0, 0.05) is 26.2 Å². The second-order valence-electron chi connectivity index (χ2n) is 11.1. The van der Waals surface area contributed by atoms with Crippen LogP contribution in [0.4, 0.5) is 14.6 Å². The van der Waals surface area contributed by atoms with Crippen molar-refractivity contribution in [2.75, 3.05) is 31.1 Å². The van der Waals surface area contributed by atoms with Crippen molar-refractivity contribution in [1.82, 2.24) is 20.2 Å². The van der Waals surface area contributed by atoms with Crippen LogP contribution in [0.3, 0.4) is 0 Å². The van der Waals surface area contributed by atoms with Crippen LogP contribution in [-0.2, 0) is 9.47 Å². The first kappa shape index (κ1) is 26.8.